The van der Waals surface area contributed by atoms with Crippen molar-refractivity contribution in [2.24, 2.45) is 5.92 Å². The first kappa shape index (κ1) is 16.2. The molecule has 3 heterocycles. The van der Waals surface area contributed by atoms with E-state index in [-0.39, 0.29) is 11.7 Å². The van der Waals surface area contributed by atoms with Crippen LogP contribution in [-0.2, 0) is 6.42 Å². The third kappa shape index (κ3) is 3.43. The smallest absolute Gasteiger partial charge is 0.185 e. The number of thiazole rings is 1. The van der Waals surface area contributed by atoms with Gasteiger partial charge in [0.2, 0.25) is 0 Å². The van der Waals surface area contributed by atoms with Crippen molar-refractivity contribution < 1.29 is 9.50 Å². The van der Waals surface area contributed by atoms with Crippen LogP contribution in [0.4, 0.5) is 9.52 Å². The summed E-state index contributed by atoms with van der Waals surface area (Å²) < 4.78 is 13.1. The minimum Gasteiger partial charge on any atom is -0.391 e. The zero-order chi connectivity index (χ0) is 17.4. The number of β-amino-alcohol motifs (C(OH)–C–C–N with tert-alkyl or cyclic N) is 1. The van der Waals surface area contributed by atoms with Gasteiger partial charge in [-0.15, -0.1) is 11.3 Å². The molecule has 0 spiro atoms. The van der Waals surface area contributed by atoms with Gasteiger partial charge < -0.3 is 10.0 Å². The van der Waals surface area contributed by atoms with Gasteiger partial charge in [-0.25, -0.2) is 9.37 Å². The monoisotopic (exact) mass is 358 g/mol. The highest BCUT2D eigenvalue weighted by molar-refractivity contribution is 7.14. The van der Waals surface area contributed by atoms with Gasteiger partial charge in [0, 0.05) is 35.6 Å². The number of halogens is 1. The summed E-state index contributed by atoms with van der Waals surface area (Å²) in [7, 11) is 0. The van der Waals surface area contributed by atoms with Gasteiger partial charge >= 0.3 is 0 Å². The van der Waals surface area contributed by atoms with Crippen LogP contribution < -0.4 is 4.90 Å². The molecule has 1 fully saturated rings. The Morgan fingerprint density at radius 1 is 1.32 bits per heavy atom. The fraction of sp³-hybridized carbons (Fsp3) is 0.333. The molecule has 7 heteroatoms. The second-order valence-corrected chi connectivity index (χ2v) is 7.34. The number of H-pyrrole nitrogens is 1. The molecule has 4 rings (SSSR count). The number of aliphatic hydroxyl groups excluding tert-OH is 1. The van der Waals surface area contributed by atoms with Crippen LogP contribution in [-0.4, -0.2) is 39.5 Å². The molecular weight excluding hydrogens is 339 g/mol. The van der Waals surface area contributed by atoms with Crippen LogP contribution in [0.3, 0.4) is 0 Å². The number of aromatic nitrogens is 3. The highest BCUT2D eigenvalue weighted by atomic mass is 32.1. The Hall–Kier alpha value is -2.25. The lowest BCUT2D eigenvalue weighted by molar-refractivity contribution is 0.148. The topological polar surface area (TPSA) is 65.0 Å². The zero-order valence-corrected chi connectivity index (χ0v) is 14.6. The Labute approximate surface area is 149 Å². The fourth-order valence-corrected chi connectivity index (χ4v) is 4.08. The van der Waals surface area contributed by atoms with E-state index < -0.39 is 6.10 Å². The number of hydrogen-bond acceptors (Lipinski definition) is 5. The van der Waals surface area contributed by atoms with Crippen molar-refractivity contribution in [1.82, 2.24) is 15.2 Å². The lowest BCUT2D eigenvalue weighted by atomic mass is 10.0. The third-order valence-electron chi connectivity index (χ3n) is 4.54. The summed E-state index contributed by atoms with van der Waals surface area (Å²) in [6.07, 6.45) is 0.355. The Balaban J connectivity index is 1.47. The lowest BCUT2D eigenvalue weighted by Crippen LogP contribution is -2.20. The van der Waals surface area contributed by atoms with E-state index in [1.807, 2.05) is 18.4 Å². The van der Waals surface area contributed by atoms with Crippen molar-refractivity contribution in [3.8, 4) is 11.3 Å². The number of anilines is 1. The number of hydrogen-bond donors (Lipinski definition) is 2. The molecule has 0 unspecified atom stereocenters. The predicted molar refractivity (Wildman–Crippen MR) is 96.2 cm³/mol. The first-order valence-electron chi connectivity index (χ1n) is 8.24. The largest absolute Gasteiger partial charge is 0.391 e. The molecule has 1 saturated heterocycles. The Kier molecular flexibility index (Phi) is 4.27. The minimum atomic E-state index is -0.393. The lowest BCUT2D eigenvalue weighted by Gasteiger charge is -2.13. The number of aliphatic hydroxyl groups is 1. The summed E-state index contributed by atoms with van der Waals surface area (Å²) in [4.78, 5) is 6.78. The van der Waals surface area contributed by atoms with Crippen molar-refractivity contribution in [3.63, 3.8) is 0 Å². The SMILES string of the molecule is Cc1cc(C[C@@H]2CN(c3nc(-c4ccc(F)cc4)cs3)C[C@@H]2O)n[nH]1. The summed E-state index contributed by atoms with van der Waals surface area (Å²) in [5.41, 5.74) is 3.74. The number of nitrogens with zero attached hydrogens (tertiary/aromatic N) is 3. The maximum absolute atomic E-state index is 13.1. The summed E-state index contributed by atoms with van der Waals surface area (Å²) >= 11 is 1.55. The minimum absolute atomic E-state index is 0.140. The van der Waals surface area contributed by atoms with Crippen LogP contribution in [0.1, 0.15) is 11.4 Å². The van der Waals surface area contributed by atoms with Gasteiger partial charge in [0.15, 0.2) is 5.13 Å². The van der Waals surface area contributed by atoms with Gasteiger partial charge in [0.05, 0.1) is 17.5 Å². The molecule has 0 radical (unpaired) electrons. The molecule has 2 N–H and O–H groups in total. The van der Waals surface area contributed by atoms with Gasteiger partial charge in [-0.3, -0.25) is 5.10 Å². The molecule has 0 bridgehead atoms. The summed E-state index contributed by atoms with van der Waals surface area (Å²) in [6.45, 7) is 3.30. The number of aryl methyl sites for hydroxylation is 1. The van der Waals surface area contributed by atoms with Crippen LogP contribution in [0, 0.1) is 18.7 Å². The van der Waals surface area contributed by atoms with E-state index in [0.717, 1.165) is 40.7 Å². The van der Waals surface area contributed by atoms with Gasteiger partial charge in [0.1, 0.15) is 5.82 Å². The van der Waals surface area contributed by atoms with Crippen molar-refractivity contribution >= 4 is 16.5 Å². The second kappa shape index (κ2) is 6.57. The van der Waals surface area contributed by atoms with Gasteiger partial charge in [-0.2, -0.15) is 5.10 Å². The van der Waals surface area contributed by atoms with E-state index in [2.05, 4.69) is 20.1 Å². The van der Waals surface area contributed by atoms with Crippen LogP contribution in [0.15, 0.2) is 35.7 Å². The highest BCUT2D eigenvalue weighted by Crippen LogP contribution is 2.32. The van der Waals surface area contributed by atoms with Crippen LogP contribution >= 0.6 is 11.3 Å². The average molecular weight is 358 g/mol. The summed E-state index contributed by atoms with van der Waals surface area (Å²) in [6, 6.07) is 8.36. The van der Waals surface area contributed by atoms with Crippen LogP contribution in [0.5, 0.6) is 0 Å². The molecule has 25 heavy (non-hydrogen) atoms. The molecule has 2 aromatic heterocycles. The first-order chi connectivity index (χ1) is 12.1. The maximum Gasteiger partial charge on any atom is 0.185 e. The number of nitrogens with one attached hydrogen (secondary N) is 1. The molecule has 2 atom stereocenters. The molecule has 3 aromatic rings. The van der Waals surface area contributed by atoms with Crippen LogP contribution in [0.25, 0.3) is 11.3 Å². The summed E-state index contributed by atoms with van der Waals surface area (Å²) in [5, 5.41) is 20.5. The van der Waals surface area contributed by atoms with Gasteiger partial charge in [-0.05, 0) is 43.7 Å². The molecule has 5 nitrogen and oxygen atoms in total. The van der Waals surface area contributed by atoms with E-state index in [0.29, 0.717) is 6.54 Å². The first-order valence-corrected chi connectivity index (χ1v) is 9.12. The number of rotatable bonds is 4. The highest BCUT2D eigenvalue weighted by Gasteiger charge is 2.33. The molecular formula is C18H19FN4OS. The standard InChI is InChI=1S/C18H19FN4OS/c1-11-6-15(22-21-11)7-13-8-23(9-17(13)24)18-20-16(10-25-18)12-2-4-14(19)5-3-12/h2-6,10,13,17,24H,7-9H2,1H3,(H,21,22)/t13-,17+/m1/s1. The van der Waals surface area contributed by atoms with Crippen LogP contribution in [0.2, 0.25) is 0 Å². The zero-order valence-electron chi connectivity index (χ0n) is 13.8. The van der Waals surface area contributed by atoms with E-state index in [9.17, 15) is 9.50 Å². The predicted octanol–water partition coefficient (Wildman–Crippen LogP) is 3.02. The number of benzene rings is 1. The number of aromatic amines is 1. The Morgan fingerprint density at radius 2 is 2.12 bits per heavy atom. The molecule has 0 aliphatic carbocycles. The summed E-state index contributed by atoms with van der Waals surface area (Å²) in [5.74, 6) is -0.112. The van der Waals surface area contributed by atoms with Crippen molar-refractivity contribution in [2.75, 3.05) is 18.0 Å². The quantitative estimate of drug-likeness (QED) is 0.752. The third-order valence-corrected chi connectivity index (χ3v) is 5.44. The van der Waals surface area contributed by atoms with Crippen molar-refractivity contribution in [3.05, 3.63) is 52.9 Å². The maximum atomic E-state index is 13.1. The normalized spacial score (nSPS) is 20.4. The molecule has 1 aliphatic heterocycles. The van der Waals surface area contributed by atoms with E-state index >= 15 is 0 Å². The molecule has 0 amide bonds. The fourth-order valence-electron chi connectivity index (χ4n) is 3.22. The molecule has 1 aromatic carbocycles. The van der Waals surface area contributed by atoms with E-state index in [1.54, 1.807) is 23.5 Å². The van der Waals surface area contributed by atoms with Crippen molar-refractivity contribution in [2.45, 2.75) is 19.4 Å². The van der Waals surface area contributed by atoms with Gasteiger partial charge in [-0.1, -0.05) is 0 Å². The second-order valence-electron chi connectivity index (χ2n) is 6.50. The Morgan fingerprint density at radius 3 is 2.84 bits per heavy atom. The molecule has 1 aliphatic rings. The molecule has 0 saturated carbocycles. The average Bonchev–Trinajstić information content (AvgIpc) is 3.30. The Bertz CT molecular complexity index is 860. The van der Waals surface area contributed by atoms with E-state index in [4.69, 9.17) is 0 Å². The molecule has 130 valence electrons. The van der Waals surface area contributed by atoms with Crippen molar-refractivity contribution in [1.29, 1.82) is 0 Å². The van der Waals surface area contributed by atoms with Gasteiger partial charge in [0.25, 0.3) is 0 Å². The van der Waals surface area contributed by atoms with E-state index in [1.165, 1.54) is 12.1 Å².